The Morgan fingerprint density at radius 2 is 1.77 bits per heavy atom. The molecule has 2 amide bonds. The fraction of sp³-hybridized carbons (Fsp3) is 0.435. The first-order valence-electron chi connectivity index (χ1n) is 10.5. The Morgan fingerprint density at radius 3 is 2.45 bits per heavy atom. The van der Waals surface area contributed by atoms with Gasteiger partial charge in [0, 0.05) is 55.7 Å². The lowest BCUT2D eigenvalue weighted by Crippen LogP contribution is -2.51. The van der Waals surface area contributed by atoms with Crippen LogP contribution in [0.5, 0.6) is 0 Å². The number of aromatic nitrogens is 2. The third-order valence-corrected chi connectivity index (χ3v) is 5.93. The topological polar surface area (TPSA) is 103 Å². The number of aromatic amines is 1. The molecule has 0 spiro atoms. The molecule has 2 aliphatic rings. The van der Waals surface area contributed by atoms with Crippen molar-refractivity contribution in [2.45, 2.75) is 33.1 Å². The molecule has 4 rings (SSSR count). The summed E-state index contributed by atoms with van der Waals surface area (Å²) in [7, 11) is 0. The number of hydrogen-bond donors (Lipinski definition) is 1. The van der Waals surface area contributed by atoms with Crippen molar-refractivity contribution in [3.8, 4) is 0 Å². The SMILES string of the molecule is CC1(C)CC(=O)c2cc(C(=O)N3CCN(C(=O)Cc4ccccn4)CC3)c(=O)[nH]c2C1. The van der Waals surface area contributed by atoms with Gasteiger partial charge in [-0.2, -0.15) is 0 Å². The molecule has 0 aromatic carbocycles. The molecule has 0 unspecified atom stereocenters. The smallest absolute Gasteiger partial charge is 0.261 e. The zero-order chi connectivity index (χ0) is 22.2. The minimum absolute atomic E-state index is 0.0138. The van der Waals surface area contributed by atoms with E-state index in [0.717, 1.165) is 0 Å². The van der Waals surface area contributed by atoms with Crippen LogP contribution in [0.3, 0.4) is 0 Å². The summed E-state index contributed by atoms with van der Waals surface area (Å²) in [5.74, 6) is -0.495. The lowest BCUT2D eigenvalue weighted by Gasteiger charge is -2.35. The quantitative estimate of drug-likeness (QED) is 0.806. The minimum atomic E-state index is -0.470. The number of ketones is 1. The van der Waals surface area contributed by atoms with Crippen LogP contribution >= 0.6 is 0 Å². The number of carbonyl (C=O) groups excluding carboxylic acids is 3. The van der Waals surface area contributed by atoms with Gasteiger partial charge >= 0.3 is 0 Å². The molecule has 2 aromatic rings. The van der Waals surface area contributed by atoms with E-state index in [1.165, 1.54) is 6.07 Å². The number of nitrogens with one attached hydrogen (secondary N) is 1. The fourth-order valence-electron chi connectivity index (χ4n) is 4.29. The zero-order valence-electron chi connectivity index (χ0n) is 17.8. The molecule has 8 heteroatoms. The molecule has 31 heavy (non-hydrogen) atoms. The summed E-state index contributed by atoms with van der Waals surface area (Å²) in [5.41, 5.74) is 1.05. The van der Waals surface area contributed by atoms with Crippen molar-refractivity contribution in [2.24, 2.45) is 5.41 Å². The molecular weight excluding hydrogens is 396 g/mol. The standard InChI is InChI=1S/C23H26N4O4/c1-23(2)13-18-16(19(28)14-23)12-17(21(30)25-18)22(31)27-9-7-26(8-10-27)20(29)11-15-5-3-4-6-24-15/h3-6,12H,7-11,13-14H2,1-2H3,(H,25,30). The Labute approximate surface area is 180 Å². The molecule has 1 N–H and O–H groups in total. The van der Waals surface area contributed by atoms with Crippen LogP contribution < -0.4 is 5.56 Å². The summed E-state index contributed by atoms with van der Waals surface area (Å²) >= 11 is 0. The van der Waals surface area contributed by atoms with Crippen molar-refractivity contribution in [2.75, 3.05) is 26.2 Å². The Hall–Kier alpha value is -3.29. The molecule has 1 saturated heterocycles. The van der Waals surface area contributed by atoms with E-state index >= 15 is 0 Å². The first-order valence-corrected chi connectivity index (χ1v) is 10.5. The average Bonchev–Trinajstić information content (AvgIpc) is 2.73. The fourth-order valence-corrected chi connectivity index (χ4v) is 4.29. The molecule has 0 radical (unpaired) electrons. The summed E-state index contributed by atoms with van der Waals surface area (Å²) in [5, 5.41) is 0. The number of pyridine rings is 2. The van der Waals surface area contributed by atoms with Crippen LogP contribution in [0.25, 0.3) is 0 Å². The van der Waals surface area contributed by atoms with E-state index in [4.69, 9.17) is 0 Å². The van der Waals surface area contributed by atoms with E-state index in [9.17, 15) is 19.2 Å². The number of nitrogens with zero attached hydrogens (tertiary/aromatic N) is 3. The van der Waals surface area contributed by atoms with E-state index in [1.54, 1.807) is 22.1 Å². The predicted molar refractivity (Wildman–Crippen MR) is 114 cm³/mol. The van der Waals surface area contributed by atoms with Crippen LogP contribution in [0, 0.1) is 5.41 Å². The number of fused-ring (bicyclic) bond motifs is 1. The first kappa shape index (κ1) is 21.0. The number of hydrogen-bond acceptors (Lipinski definition) is 5. The molecule has 0 bridgehead atoms. The molecule has 1 fully saturated rings. The van der Waals surface area contributed by atoms with Gasteiger partial charge in [-0.15, -0.1) is 0 Å². The lowest BCUT2D eigenvalue weighted by molar-refractivity contribution is -0.132. The van der Waals surface area contributed by atoms with Gasteiger partial charge in [0.1, 0.15) is 5.56 Å². The average molecular weight is 422 g/mol. The van der Waals surface area contributed by atoms with Crippen LogP contribution in [0.1, 0.15) is 52.4 Å². The molecule has 1 aliphatic heterocycles. The highest BCUT2D eigenvalue weighted by atomic mass is 16.2. The monoisotopic (exact) mass is 422 g/mol. The summed E-state index contributed by atoms with van der Waals surface area (Å²) in [6, 6.07) is 6.90. The summed E-state index contributed by atoms with van der Waals surface area (Å²) in [6.45, 7) is 5.44. The highest BCUT2D eigenvalue weighted by Gasteiger charge is 2.34. The maximum absolute atomic E-state index is 13.0. The Morgan fingerprint density at radius 1 is 1.06 bits per heavy atom. The molecule has 1 aliphatic carbocycles. The van der Waals surface area contributed by atoms with Crippen LogP contribution in [-0.2, 0) is 17.6 Å². The highest BCUT2D eigenvalue weighted by Crippen LogP contribution is 2.33. The van der Waals surface area contributed by atoms with Gasteiger partial charge in [0.15, 0.2) is 5.78 Å². The van der Waals surface area contributed by atoms with Gasteiger partial charge in [0.25, 0.3) is 11.5 Å². The van der Waals surface area contributed by atoms with E-state index in [2.05, 4.69) is 9.97 Å². The van der Waals surface area contributed by atoms with Crippen LogP contribution in [-0.4, -0.2) is 63.5 Å². The number of Topliss-reactive ketones (excluding diaryl/α,β-unsaturated/α-hetero) is 1. The summed E-state index contributed by atoms with van der Waals surface area (Å²) in [6.07, 6.45) is 2.85. The van der Waals surface area contributed by atoms with Gasteiger partial charge in [0.05, 0.1) is 6.42 Å². The summed E-state index contributed by atoms with van der Waals surface area (Å²) < 4.78 is 0. The summed E-state index contributed by atoms with van der Waals surface area (Å²) in [4.78, 5) is 60.8. The van der Waals surface area contributed by atoms with E-state index in [1.807, 2.05) is 26.0 Å². The molecule has 162 valence electrons. The van der Waals surface area contributed by atoms with E-state index in [-0.39, 0.29) is 29.1 Å². The van der Waals surface area contributed by atoms with Crippen molar-refractivity contribution >= 4 is 17.6 Å². The van der Waals surface area contributed by atoms with Crippen molar-refractivity contribution in [3.05, 3.63) is 63.3 Å². The predicted octanol–water partition coefficient (Wildman–Crippen LogP) is 1.45. The van der Waals surface area contributed by atoms with Gasteiger partial charge in [-0.25, -0.2) is 0 Å². The maximum atomic E-state index is 13.0. The number of carbonyl (C=O) groups is 3. The van der Waals surface area contributed by atoms with Crippen molar-refractivity contribution in [1.29, 1.82) is 0 Å². The van der Waals surface area contributed by atoms with E-state index < -0.39 is 11.5 Å². The molecule has 3 heterocycles. The second-order valence-electron chi connectivity index (χ2n) is 9.02. The molecule has 0 saturated carbocycles. The molecule has 2 aromatic heterocycles. The number of amides is 2. The van der Waals surface area contributed by atoms with Gasteiger partial charge in [-0.05, 0) is 30.0 Å². The zero-order valence-corrected chi connectivity index (χ0v) is 17.8. The highest BCUT2D eigenvalue weighted by molar-refractivity contribution is 6.02. The Kier molecular flexibility index (Phi) is 5.47. The normalized spacial score (nSPS) is 17.9. The Bertz CT molecular complexity index is 1080. The van der Waals surface area contributed by atoms with Crippen LogP contribution in [0.15, 0.2) is 35.3 Å². The third kappa shape index (κ3) is 4.42. The van der Waals surface area contributed by atoms with Gasteiger partial charge in [-0.3, -0.25) is 24.2 Å². The largest absolute Gasteiger partial charge is 0.339 e. The van der Waals surface area contributed by atoms with Gasteiger partial charge in [-0.1, -0.05) is 19.9 Å². The van der Waals surface area contributed by atoms with Crippen LogP contribution in [0.4, 0.5) is 0 Å². The van der Waals surface area contributed by atoms with E-state index in [0.29, 0.717) is 56.0 Å². The second kappa shape index (κ2) is 8.09. The Balaban J connectivity index is 1.43. The minimum Gasteiger partial charge on any atom is -0.339 e. The van der Waals surface area contributed by atoms with Crippen molar-refractivity contribution in [1.82, 2.24) is 19.8 Å². The second-order valence-corrected chi connectivity index (χ2v) is 9.02. The van der Waals surface area contributed by atoms with Gasteiger partial charge in [0.2, 0.25) is 5.91 Å². The number of rotatable bonds is 3. The van der Waals surface area contributed by atoms with Crippen molar-refractivity contribution < 1.29 is 14.4 Å². The molecular formula is C23H26N4O4. The van der Waals surface area contributed by atoms with Crippen molar-refractivity contribution in [3.63, 3.8) is 0 Å². The first-order chi connectivity index (χ1) is 14.7. The lowest BCUT2D eigenvalue weighted by atomic mass is 9.75. The third-order valence-electron chi connectivity index (χ3n) is 5.93. The molecule has 8 nitrogen and oxygen atoms in total. The van der Waals surface area contributed by atoms with Gasteiger partial charge < -0.3 is 14.8 Å². The molecule has 0 atom stereocenters. The maximum Gasteiger partial charge on any atom is 0.261 e. The number of piperazine rings is 1. The van der Waals surface area contributed by atoms with Crippen LogP contribution in [0.2, 0.25) is 0 Å². The number of H-pyrrole nitrogens is 1.